The summed E-state index contributed by atoms with van der Waals surface area (Å²) < 4.78 is 45.9. The Kier molecular flexibility index (Phi) is 7.68. The van der Waals surface area contributed by atoms with Gasteiger partial charge in [-0.3, -0.25) is 4.90 Å². The van der Waals surface area contributed by atoms with Crippen LogP contribution in [0.1, 0.15) is 44.7 Å². The Morgan fingerprint density at radius 1 is 0.930 bits per heavy atom. The Balaban J connectivity index is 1.02. The first-order valence-electron chi connectivity index (χ1n) is 15.0. The molecule has 6 rings (SSSR count). The molecular formula is C31H40F3N7O2. The van der Waals surface area contributed by atoms with Crippen molar-refractivity contribution in [2.45, 2.75) is 58.4 Å². The van der Waals surface area contributed by atoms with E-state index < -0.39 is 18.2 Å². The molecule has 0 aliphatic carbocycles. The van der Waals surface area contributed by atoms with Crippen LogP contribution in [0.4, 0.5) is 29.5 Å². The molecule has 3 aliphatic heterocycles. The summed E-state index contributed by atoms with van der Waals surface area (Å²) in [4.78, 5) is 25.7. The van der Waals surface area contributed by atoms with Crippen LogP contribution >= 0.6 is 0 Å². The summed E-state index contributed by atoms with van der Waals surface area (Å²) in [5.41, 5.74) is 2.92. The second kappa shape index (κ2) is 11.2. The maximum atomic E-state index is 13.0. The van der Waals surface area contributed by atoms with Gasteiger partial charge in [-0.15, -0.1) is 0 Å². The van der Waals surface area contributed by atoms with Crippen LogP contribution < -0.4 is 9.80 Å². The van der Waals surface area contributed by atoms with Crippen molar-refractivity contribution in [3.05, 3.63) is 54.0 Å². The molecule has 1 amide bonds. The highest BCUT2D eigenvalue weighted by atomic mass is 19.4. The second-order valence-electron chi connectivity index (χ2n) is 13.3. The fraction of sp³-hybridized carbons (Fsp3) is 0.581. The average molecular weight is 600 g/mol. The Morgan fingerprint density at radius 3 is 2.35 bits per heavy atom. The van der Waals surface area contributed by atoms with Crippen molar-refractivity contribution in [1.82, 2.24) is 24.4 Å². The minimum atomic E-state index is -4.26. The molecular weight excluding hydrogens is 559 g/mol. The van der Waals surface area contributed by atoms with Gasteiger partial charge < -0.3 is 19.4 Å². The molecule has 232 valence electrons. The van der Waals surface area contributed by atoms with Crippen LogP contribution in [0.15, 0.2) is 42.9 Å². The Hall–Kier alpha value is -3.54. The van der Waals surface area contributed by atoms with Crippen LogP contribution in [0.5, 0.6) is 0 Å². The molecule has 1 aromatic carbocycles. The van der Waals surface area contributed by atoms with Crippen LogP contribution in [-0.2, 0) is 17.7 Å². The number of fused-ring (bicyclic) bond motifs is 1. The van der Waals surface area contributed by atoms with Crippen molar-refractivity contribution >= 4 is 23.1 Å². The maximum Gasteiger partial charge on any atom is 0.410 e. The lowest BCUT2D eigenvalue weighted by Crippen LogP contribution is -2.50. The number of amides is 1. The quantitative estimate of drug-likeness (QED) is 0.409. The van der Waals surface area contributed by atoms with E-state index in [9.17, 15) is 18.0 Å². The number of hydrogen-bond donors (Lipinski definition) is 0. The number of alkyl halides is 3. The van der Waals surface area contributed by atoms with E-state index in [4.69, 9.17) is 4.74 Å². The molecule has 0 radical (unpaired) electrons. The van der Waals surface area contributed by atoms with E-state index in [2.05, 4.69) is 49.0 Å². The summed E-state index contributed by atoms with van der Waals surface area (Å²) in [5, 5.41) is 4.15. The summed E-state index contributed by atoms with van der Waals surface area (Å²) in [6.45, 7) is 13.0. The Bertz CT molecular complexity index is 1440. The molecule has 3 saturated heterocycles. The van der Waals surface area contributed by atoms with Gasteiger partial charge in [0.1, 0.15) is 17.4 Å². The summed E-state index contributed by atoms with van der Waals surface area (Å²) in [6, 6.07) is 10.3. The average Bonchev–Trinajstić information content (AvgIpc) is 3.65. The Labute approximate surface area is 250 Å². The summed E-state index contributed by atoms with van der Waals surface area (Å²) in [6.07, 6.45) is -0.484. The largest absolute Gasteiger partial charge is 0.444 e. The Morgan fingerprint density at radius 2 is 1.65 bits per heavy atom. The maximum absolute atomic E-state index is 13.0. The van der Waals surface area contributed by atoms with Gasteiger partial charge in [0.05, 0.1) is 6.42 Å². The van der Waals surface area contributed by atoms with Gasteiger partial charge in [0.15, 0.2) is 5.82 Å². The molecule has 1 atom stereocenters. The number of carbonyl (C=O) groups excluding carboxylic acids is 1. The summed E-state index contributed by atoms with van der Waals surface area (Å²) in [5.74, 6) is 0.710. The van der Waals surface area contributed by atoms with Gasteiger partial charge in [0.2, 0.25) is 0 Å². The fourth-order valence-corrected chi connectivity index (χ4v) is 6.70. The zero-order valence-corrected chi connectivity index (χ0v) is 25.1. The molecule has 3 fully saturated rings. The number of likely N-dealkylation sites (tertiary alicyclic amines) is 1. The van der Waals surface area contributed by atoms with Crippen LogP contribution in [0.3, 0.4) is 0 Å². The lowest BCUT2D eigenvalue weighted by Gasteiger charge is -2.36. The number of nitrogens with zero attached hydrogens (tertiary/aromatic N) is 7. The number of hydrogen-bond acceptors (Lipinski definition) is 7. The number of rotatable bonds is 5. The normalized spacial score (nSPS) is 21.9. The van der Waals surface area contributed by atoms with E-state index in [1.807, 2.05) is 20.8 Å². The SMILES string of the molecule is CC(C)(C)OC(=O)N1CCN(c2ccc(CN3CCC4(CCN(c5ncnn6cc(CC(F)(F)F)cc56)C4)C3)cc2)CC1. The van der Waals surface area contributed by atoms with Crippen LogP contribution in [0.25, 0.3) is 5.52 Å². The number of benzene rings is 1. The first-order chi connectivity index (χ1) is 20.3. The highest BCUT2D eigenvalue weighted by Crippen LogP contribution is 2.42. The van der Waals surface area contributed by atoms with Crippen molar-refractivity contribution in [2.75, 3.05) is 62.2 Å². The predicted octanol–water partition coefficient (Wildman–Crippen LogP) is 4.99. The predicted molar refractivity (Wildman–Crippen MR) is 158 cm³/mol. The van der Waals surface area contributed by atoms with Crippen molar-refractivity contribution in [1.29, 1.82) is 0 Å². The van der Waals surface area contributed by atoms with Gasteiger partial charge in [0.25, 0.3) is 0 Å². The van der Waals surface area contributed by atoms with Crippen LogP contribution in [-0.4, -0.2) is 94.6 Å². The number of aromatic nitrogens is 3. The van der Waals surface area contributed by atoms with Gasteiger partial charge in [-0.25, -0.2) is 14.3 Å². The van der Waals surface area contributed by atoms with Gasteiger partial charge in [-0.1, -0.05) is 12.1 Å². The molecule has 0 N–H and O–H groups in total. The third-order valence-corrected chi connectivity index (χ3v) is 8.74. The minimum Gasteiger partial charge on any atom is -0.444 e. The summed E-state index contributed by atoms with van der Waals surface area (Å²) in [7, 11) is 0. The topological polar surface area (TPSA) is 69.5 Å². The standard InChI is InChI=1S/C31H40F3N7O2/c1-29(2,3)43-28(42)39-14-12-38(13-15-39)25-6-4-23(5-7-25)18-37-10-8-30(20-37)9-11-40(21-30)27-26-16-24(17-31(32,33)34)19-41(26)36-22-35-27/h4-7,16,19,22H,8-15,17-18,20-21H2,1-3H3. The van der Waals surface area contributed by atoms with Gasteiger partial charge in [0, 0.05) is 69.7 Å². The number of ether oxygens (including phenoxy) is 1. The van der Waals surface area contributed by atoms with E-state index in [-0.39, 0.29) is 17.1 Å². The number of carbonyl (C=O) groups is 1. The lowest BCUT2D eigenvalue weighted by atomic mass is 9.86. The van der Waals surface area contributed by atoms with E-state index in [0.29, 0.717) is 24.4 Å². The molecule has 5 heterocycles. The molecule has 43 heavy (non-hydrogen) atoms. The molecule has 0 saturated carbocycles. The van der Waals surface area contributed by atoms with Gasteiger partial charge >= 0.3 is 12.3 Å². The van der Waals surface area contributed by atoms with Crippen molar-refractivity contribution in [3.63, 3.8) is 0 Å². The zero-order valence-electron chi connectivity index (χ0n) is 25.1. The zero-order chi connectivity index (χ0) is 30.4. The highest BCUT2D eigenvalue weighted by molar-refractivity contribution is 5.70. The molecule has 3 aromatic rings. The summed E-state index contributed by atoms with van der Waals surface area (Å²) >= 11 is 0. The minimum absolute atomic E-state index is 0.150. The third kappa shape index (κ3) is 6.84. The first-order valence-corrected chi connectivity index (χ1v) is 15.0. The van der Waals surface area contributed by atoms with Gasteiger partial charge in [-0.2, -0.15) is 18.3 Å². The van der Waals surface area contributed by atoms with Crippen molar-refractivity contribution < 1.29 is 22.7 Å². The molecule has 12 heteroatoms. The van der Waals surface area contributed by atoms with Crippen LogP contribution in [0.2, 0.25) is 0 Å². The second-order valence-corrected chi connectivity index (χ2v) is 13.3. The lowest BCUT2D eigenvalue weighted by molar-refractivity contribution is -0.127. The number of halogens is 3. The van der Waals surface area contributed by atoms with Crippen LogP contribution in [0, 0.1) is 5.41 Å². The van der Waals surface area contributed by atoms with E-state index in [1.54, 1.807) is 11.0 Å². The van der Waals surface area contributed by atoms with Crippen molar-refractivity contribution in [2.24, 2.45) is 5.41 Å². The molecule has 1 spiro atoms. The first kappa shape index (κ1) is 29.5. The number of piperazine rings is 1. The molecule has 2 aromatic heterocycles. The van der Waals surface area contributed by atoms with Gasteiger partial charge in [-0.05, 0) is 69.5 Å². The monoisotopic (exact) mass is 599 g/mol. The molecule has 9 nitrogen and oxygen atoms in total. The smallest absolute Gasteiger partial charge is 0.410 e. The molecule has 0 bridgehead atoms. The fourth-order valence-electron chi connectivity index (χ4n) is 6.70. The highest BCUT2D eigenvalue weighted by Gasteiger charge is 2.44. The number of anilines is 2. The molecule has 1 unspecified atom stereocenters. The van der Waals surface area contributed by atoms with E-state index in [0.717, 1.165) is 64.3 Å². The molecule has 3 aliphatic rings. The third-order valence-electron chi connectivity index (χ3n) is 8.74. The van der Waals surface area contributed by atoms with E-state index >= 15 is 0 Å². The van der Waals surface area contributed by atoms with Crippen molar-refractivity contribution in [3.8, 4) is 0 Å². The van der Waals surface area contributed by atoms with E-state index in [1.165, 1.54) is 22.6 Å².